The highest BCUT2D eigenvalue weighted by molar-refractivity contribution is 9.26. The Morgan fingerprint density at radius 2 is 1.18 bits per heavy atom. The van der Waals surface area contributed by atoms with Crippen molar-refractivity contribution in [3.05, 3.63) is 25.3 Å². The molecular formula is C6H6Br4O. The SMILES string of the molecule is C=CC(Br)(Br)OC(Br)(Br)C=C. The second kappa shape index (κ2) is 4.56. The van der Waals surface area contributed by atoms with E-state index in [2.05, 4.69) is 76.9 Å². The summed E-state index contributed by atoms with van der Waals surface area (Å²) in [6, 6.07) is 0. The Labute approximate surface area is 99.8 Å². The summed E-state index contributed by atoms with van der Waals surface area (Å²) in [4.78, 5) is 0. The summed E-state index contributed by atoms with van der Waals surface area (Å²) in [7, 11) is 0. The van der Waals surface area contributed by atoms with Crippen molar-refractivity contribution in [3.63, 3.8) is 0 Å². The summed E-state index contributed by atoms with van der Waals surface area (Å²) in [6.07, 6.45) is 3.13. The molecule has 0 saturated heterocycles. The van der Waals surface area contributed by atoms with Crippen LogP contribution >= 0.6 is 63.7 Å². The molecule has 0 aromatic carbocycles. The molecule has 0 amide bonds. The Morgan fingerprint density at radius 3 is 1.36 bits per heavy atom. The van der Waals surface area contributed by atoms with Crippen LogP contribution < -0.4 is 0 Å². The number of hydrogen-bond donors (Lipinski definition) is 0. The van der Waals surface area contributed by atoms with Crippen LogP contribution in [-0.4, -0.2) is 6.84 Å². The number of ether oxygens (including phenoxy) is 1. The molecule has 1 nitrogen and oxygen atoms in total. The summed E-state index contributed by atoms with van der Waals surface area (Å²) < 4.78 is 3.86. The van der Waals surface area contributed by atoms with E-state index in [1.54, 1.807) is 12.2 Å². The van der Waals surface area contributed by atoms with Crippen LogP contribution in [0.5, 0.6) is 0 Å². The Morgan fingerprint density at radius 1 is 0.909 bits per heavy atom. The number of halogens is 4. The van der Waals surface area contributed by atoms with Gasteiger partial charge in [0, 0.05) is 0 Å². The molecule has 0 aromatic rings. The average Bonchev–Trinajstić information content (AvgIpc) is 1.86. The van der Waals surface area contributed by atoms with Crippen LogP contribution in [0.1, 0.15) is 0 Å². The van der Waals surface area contributed by atoms with Crippen molar-refractivity contribution in [2.75, 3.05) is 0 Å². The lowest BCUT2D eigenvalue weighted by molar-refractivity contribution is 0.122. The first-order valence-electron chi connectivity index (χ1n) is 2.56. The average molecular weight is 414 g/mol. The minimum atomic E-state index is -0.749. The fourth-order valence-corrected chi connectivity index (χ4v) is 2.15. The van der Waals surface area contributed by atoms with Gasteiger partial charge in [0.1, 0.15) is 0 Å². The summed E-state index contributed by atoms with van der Waals surface area (Å²) in [5, 5.41) is 0. The zero-order valence-corrected chi connectivity index (χ0v) is 11.8. The van der Waals surface area contributed by atoms with Crippen molar-refractivity contribution in [3.8, 4) is 0 Å². The predicted molar refractivity (Wildman–Crippen MR) is 62.6 cm³/mol. The smallest absolute Gasteiger partial charge is 0.199 e. The van der Waals surface area contributed by atoms with Crippen molar-refractivity contribution in [2.45, 2.75) is 6.84 Å². The summed E-state index contributed by atoms with van der Waals surface area (Å²) >= 11 is 12.9. The Balaban J connectivity index is 4.23. The predicted octanol–water partition coefficient (Wildman–Crippen LogP) is 4.26. The van der Waals surface area contributed by atoms with E-state index in [1.807, 2.05) is 0 Å². The van der Waals surface area contributed by atoms with Gasteiger partial charge in [0.15, 0.2) is 6.84 Å². The van der Waals surface area contributed by atoms with Crippen LogP contribution in [0.3, 0.4) is 0 Å². The van der Waals surface area contributed by atoms with Crippen molar-refractivity contribution in [1.29, 1.82) is 0 Å². The molecule has 0 fully saturated rings. The molecular weight excluding hydrogens is 408 g/mol. The maximum absolute atomic E-state index is 5.35. The largest absolute Gasteiger partial charge is 0.319 e. The van der Waals surface area contributed by atoms with E-state index in [0.29, 0.717) is 0 Å². The molecule has 0 rings (SSSR count). The first-order valence-corrected chi connectivity index (χ1v) is 5.73. The molecule has 64 valence electrons. The van der Waals surface area contributed by atoms with Crippen LogP contribution in [0.4, 0.5) is 0 Å². The molecule has 0 aliphatic rings. The third kappa shape index (κ3) is 5.58. The fraction of sp³-hybridized carbons (Fsp3) is 0.333. The van der Waals surface area contributed by atoms with Gasteiger partial charge >= 0.3 is 0 Å². The molecule has 0 aliphatic heterocycles. The molecule has 0 aliphatic carbocycles. The van der Waals surface area contributed by atoms with Crippen LogP contribution in [-0.2, 0) is 4.74 Å². The maximum atomic E-state index is 5.35. The van der Waals surface area contributed by atoms with E-state index in [0.717, 1.165) is 0 Å². The molecule has 0 N–H and O–H groups in total. The van der Waals surface area contributed by atoms with Gasteiger partial charge in [-0.25, -0.2) is 0 Å². The van der Waals surface area contributed by atoms with Crippen LogP contribution in [0, 0.1) is 0 Å². The Bertz CT molecular complexity index is 146. The van der Waals surface area contributed by atoms with Gasteiger partial charge in [0.05, 0.1) is 0 Å². The van der Waals surface area contributed by atoms with E-state index >= 15 is 0 Å². The highest BCUT2D eigenvalue weighted by atomic mass is 79.9. The monoisotopic (exact) mass is 410 g/mol. The van der Waals surface area contributed by atoms with Crippen molar-refractivity contribution in [1.82, 2.24) is 0 Å². The molecule has 0 unspecified atom stereocenters. The number of rotatable bonds is 4. The van der Waals surface area contributed by atoms with Gasteiger partial charge in [-0.2, -0.15) is 0 Å². The number of hydrogen-bond acceptors (Lipinski definition) is 1. The third-order valence-corrected chi connectivity index (χ3v) is 2.69. The zero-order chi connectivity index (χ0) is 9.12. The fourth-order valence-electron chi connectivity index (χ4n) is 0.265. The molecule has 0 saturated carbocycles. The van der Waals surface area contributed by atoms with E-state index in [4.69, 9.17) is 4.74 Å². The topological polar surface area (TPSA) is 9.23 Å². The minimum absolute atomic E-state index is 0.749. The second-order valence-electron chi connectivity index (χ2n) is 1.63. The van der Waals surface area contributed by atoms with Gasteiger partial charge in [-0.1, -0.05) is 13.2 Å². The van der Waals surface area contributed by atoms with Crippen LogP contribution in [0.15, 0.2) is 25.3 Å². The molecule has 0 bridgehead atoms. The lowest BCUT2D eigenvalue weighted by Gasteiger charge is -2.25. The highest BCUT2D eigenvalue weighted by Crippen LogP contribution is 2.40. The molecule has 11 heavy (non-hydrogen) atoms. The standard InChI is InChI=1S/C6H6Br4O/c1-3-5(7,8)11-6(9,10)4-2/h3-4H,1-2H2. The molecule has 0 radical (unpaired) electrons. The molecule has 0 atom stereocenters. The van der Waals surface area contributed by atoms with Gasteiger partial charge in [-0.15, -0.1) is 0 Å². The van der Waals surface area contributed by atoms with E-state index in [9.17, 15) is 0 Å². The summed E-state index contributed by atoms with van der Waals surface area (Å²) in [6.45, 7) is 7.11. The van der Waals surface area contributed by atoms with E-state index in [1.165, 1.54) is 0 Å². The minimum Gasteiger partial charge on any atom is -0.319 e. The van der Waals surface area contributed by atoms with E-state index in [-0.39, 0.29) is 0 Å². The van der Waals surface area contributed by atoms with E-state index < -0.39 is 6.84 Å². The molecule has 5 heteroatoms. The summed E-state index contributed by atoms with van der Waals surface area (Å²) in [5.41, 5.74) is 0. The first-order chi connectivity index (χ1) is 4.83. The van der Waals surface area contributed by atoms with Gasteiger partial charge in [-0.3, -0.25) is 0 Å². The van der Waals surface area contributed by atoms with Crippen molar-refractivity contribution in [2.24, 2.45) is 0 Å². The van der Waals surface area contributed by atoms with Gasteiger partial charge in [0.25, 0.3) is 0 Å². The van der Waals surface area contributed by atoms with Gasteiger partial charge < -0.3 is 4.74 Å². The zero-order valence-electron chi connectivity index (χ0n) is 5.49. The molecule has 0 spiro atoms. The van der Waals surface area contributed by atoms with Crippen molar-refractivity contribution < 1.29 is 4.74 Å². The normalized spacial score (nSPS) is 12.7. The van der Waals surface area contributed by atoms with Crippen molar-refractivity contribution >= 4 is 63.7 Å². The molecule has 0 aromatic heterocycles. The van der Waals surface area contributed by atoms with Gasteiger partial charge in [0.2, 0.25) is 0 Å². The number of alkyl halides is 4. The van der Waals surface area contributed by atoms with Gasteiger partial charge in [-0.05, 0) is 75.9 Å². The first kappa shape index (κ1) is 12.4. The summed E-state index contributed by atoms with van der Waals surface area (Å²) in [5.74, 6) is 0. The Kier molecular flexibility index (Phi) is 5.12. The highest BCUT2D eigenvalue weighted by Gasteiger charge is 2.30. The lowest BCUT2D eigenvalue weighted by atomic mass is 10.6. The third-order valence-electron chi connectivity index (χ3n) is 0.747. The lowest BCUT2D eigenvalue weighted by Crippen LogP contribution is -2.23. The second-order valence-corrected chi connectivity index (χ2v) is 8.47. The Hall–Kier alpha value is 1.36. The maximum Gasteiger partial charge on any atom is 0.199 e. The quantitative estimate of drug-likeness (QED) is 0.494. The van der Waals surface area contributed by atoms with Crippen LogP contribution in [0.25, 0.3) is 0 Å². The van der Waals surface area contributed by atoms with Crippen LogP contribution in [0.2, 0.25) is 0 Å². The molecule has 0 heterocycles.